The van der Waals surface area contributed by atoms with Crippen LogP contribution in [0.1, 0.15) is 23.8 Å². The first-order valence-corrected chi connectivity index (χ1v) is 10.7. The van der Waals surface area contributed by atoms with Crippen LogP contribution in [0.4, 0.5) is 5.69 Å². The van der Waals surface area contributed by atoms with Crippen molar-refractivity contribution in [3.63, 3.8) is 0 Å². The smallest absolute Gasteiger partial charge is 0.342 e. The monoisotopic (exact) mass is 410 g/mol. The van der Waals surface area contributed by atoms with Crippen molar-refractivity contribution in [2.45, 2.75) is 18.2 Å². The van der Waals surface area contributed by atoms with Crippen LogP contribution in [0.2, 0.25) is 0 Å². The molecule has 10 heteroatoms. The number of fused-ring (bicyclic) bond motifs is 1. The van der Waals surface area contributed by atoms with Crippen LogP contribution in [-0.2, 0) is 14.9 Å². The van der Waals surface area contributed by atoms with Gasteiger partial charge in [-0.2, -0.15) is 8.42 Å². The molecule has 3 rings (SSSR count). The van der Waals surface area contributed by atoms with Crippen LogP contribution in [0, 0.1) is 0 Å². The van der Waals surface area contributed by atoms with E-state index in [4.69, 9.17) is 8.97 Å². The fourth-order valence-electron chi connectivity index (χ4n) is 2.64. The second-order valence-corrected chi connectivity index (χ2v) is 8.53. The molecule has 0 radical (unpaired) electrons. The SMILES string of the molecule is O=CCC1=CSC(c2cc3ccc(NCCCS(=O)(=O)O)cc3oc2=O)N1. The molecule has 27 heavy (non-hydrogen) atoms. The van der Waals surface area contributed by atoms with E-state index in [1.165, 1.54) is 11.8 Å². The Morgan fingerprint density at radius 1 is 1.33 bits per heavy atom. The lowest BCUT2D eigenvalue weighted by Gasteiger charge is -2.12. The molecule has 144 valence electrons. The molecule has 0 aliphatic carbocycles. The molecule has 0 saturated carbocycles. The second kappa shape index (κ2) is 8.15. The van der Waals surface area contributed by atoms with Crippen molar-refractivity contribution >= 4 is 44.8 Å². The van der Waals surface area contributed by atoms with Crippen LogP contribution in [0.3, 0.4) is 0 Å². The average Bonchev–Trinajstić information content (AvgIpc) is 3.06. The number of allylic oxidation sites excluding steroid dienone is 1. The molecule has 2 heterocycles. The number of aldehydes is 1. The third kappa shape index (κ3) is 5.12. The molecule has 1 aliphatic rings. The maximum atomic E-state index is 12.3. The molecular formula is C17H18N2O6S2. The standard InChI is InChI=1S/C17H18N2O6S2/c20-6-4-13-10-26-16(19-13)14-8-11-2-3-12(9-15(11)25-17(14)21)18-5-1-7-27(22,23)24/h2-3,6,8-10,16,18-19H,1,4-5,7H2,(H,22,23,24). The molecule has 0 amide bonds. The van der Waals surface area contributed by atoms with Crippen molar-refractivity contribution in [3.05, 3.63) is 51.4 Å². The summed E-state index contributed by atoms with van der Waals surface area (Å²) in [6.07, 6.45) is 1.32. The van der Waals surface area contributed by atoms with Gasteiger partial charge in [-0.3, -0.25) is 4.55 Å². The van der Waals surface area contributed by atoms with Gasteiger partial charge in [0, 0.05) is 35.8 Å². The zero-order valence-electron chi connectivity index (χ0n) is 14.2. The number of thioether (sulfide) groups is 1. The van der Waals surface area contributed by atoms with Gasteiger partial charge in [-0.15, -0.1) is 11.8 Å². The van der Waals surface area contributed by atoms with Gasteiger partial charge < -0.3 is 19.8 Å². The predicted octanol–water partition coefficient (Wildman–Crippen LogP) is 2.25. The van der Waals surface area contributed by atoms with E-state index in [9.17, 15) is 18.0 Å². The Morgan fingerprint density at radius 2 is 2.15 bits per heavy atom. The number of carbonyl (C=O) groups excluding carboxylic acids is 1. The minimum atomic E-state index is -3.97. The summed E-state index contributed by atoms with van der Waals surface area (Å²) < 4.78 is 35.5. The van der Waals surface area contributed by atoms with Gasteiger partial charge >= 0.3 is 5.63 Å². The van der Waals surface area contributed by atoms with E-state index < -0.39 is 15.7 Å². The lowest BCUT2D eigenvalue weighted by molar-refractivity contribution is -0.107. The third-order valence-electron chi connectivity index (χ3n) is 3.92. The summed E-state index contributed by atoms with van der Waals surface area (Å²) in [6, 6.07) is 7.02. The third-order valence-corrected chi connectivity index (χ3v) is 5.79. The van der Waals surface area contributed by atoms with Gasteiger partial charge in [-0.25, -0.2) is 4.79 Å². The molecular weight excluding hydrogens is 392 g/mol. The number of anilines is 1. The Morgan fingerprint density at radius 3 is 2.89 bits per heavy atom. The number of benzene rings is 1. The van der Waals surface area contributed by atoms with Crippen molar-refractivity contribution in [2.75, 3.05) is 17.6 Å². The molecule has 0 saturated heterocycles. The lowest BCUT2D eigenvalue weighted by Crippen LogP contribution is -2.19. The maximum absolute atomic E-state index is 12.3. The summed E-state index contributed by atoms with van der Waals surface area (Å²) in [5, 5.41) is 8.42. The van der Waals surface area contributed by atoms with E-state index >= 15 is 0 Å². The minimum Gasteiger partial charge on any atom is -0.422 e. The van der Waals surface area contributed by atoms with Gasteiger partial charge in [-0.1, -0.05) is 0 Å². The normalized spacial score (nSPS) is 16.8. The Balaban J connectivity index is 1.72. The summed E-state index contributed by atoms with van der Waals surface area (Å²) in [6.45, 7) is 0.349. The predicted molar refractivity (Wildman–Crippen MR) is 104 cm³/mol. The first-order chi connectivity index (χ1) is 12.9. The fraction of sp³-hybridized carbons (Fsp3) is 0.294. The Hall–Kier alpha value is -2.30. The molecule has 0 spiro atoms. The molecule has 1 unspecified atom stereocenters. The van der Waals surface area contributed by atoms with E-state index in [-0.39, 0.29) is 24.0 Å². The molecule has 0 fully saturated rings. The van der Waals surface area contributed by atoms with Crippen molar-refractivity contribution in [1.29, 1.82) is 0 Å². The summed E-state index contributed by atoms with van der Waals surface area (Å²) in [5.41, 5.74) is 1.86. The Kier molecular flexibility index (Phi) is 5.88. The van der Waals surface area contributed by atoms with Crippen molar-refractivity contribution < 1.29 is 22.2 Å². The summed E-state index contributed by atoms with van der Waals surface area (Å²) in [4.78, 5) is 22.9. The second-order valence-electron chi connectivity index (χ2n) is 5.98. The van der Waals surface area contributed by atoms with Crippen LogP contribution in [0.15, 0.2) is 44.6 Å². The van der Waals surface area contributed by atoms with Gasteiger partial charge in [0.25, 0.3) is 10.1 Å². The molecule has 3 N–H and O–H groups in total. The first-order valence-electron chi connectivity index (χ1n) is 8.17. The Bertz CT molecular complexity index is 1050. The van der Waals surface area contributed by atoms with Gasteiger partial charge in [-0.05, 0) is 30.0 Å². The van der Waals surface area contributed by atoms with Crippen molar-refractivity contribution in [3.8, 4) is 0 Å². The largest absolute Gasteiger partial charge is 0.422 e. The number of hydrogen-bond donors (Lipinski definition) is 3. The minimum absolute atomic E-state index is 0.250. The number of hydrogen-bond acceptors (Lipinski definition) is 8. The Labute approximate surface area is 159 Å². The number of carbonyl (C=O) groups is 1. The van der Waals surface area contributed by atoms with Crippen molar-refractivity contribution in [2.24, 2.45) is 0 Å². The molecule has 8 nitrogen and oxygen atoms in total. The lowest BCUT2D eigenvalue weighted by atomic mass is 10.1. The van der Waals surface area contributed by atoms with Crippen LogP contribution >= 0.6 is 11.8 Å². The van der Waals surface area contributed by atoms with E-state index in [1.54, 1.807) is 24.3 Å². The van der Waals surface area contributed by atoms with Crippen LogP contribution < -0.4 is 16.3 Å². The van der Waals surface area contributed by atoms with Gasteiger partial charge in [0.15, 0.2) is 0 Å². The van der Waals surface area contributed by atoms with E-state index in [0.29, 0.717) is 23.4 Å². The van der Waals surface area contributed by atoms with Crippen LogP contribution in [0.25, 0.3) is 11.0 Å². The zero-order valence-corrected chi connectivity index (χ0v) is 15.8. The van der Waals surface area contributed by atoms with Gasteiger partial charge in [0.1, 0.15) is 17.2 Å². The molecule has 2 aromatic rings. The highest BCUT2D eigenvalue weighted by Crippen LogP contribution is 2.34. The molecule has 1 atom stereocenters. The van der Waals surface area contributed by atoms with E-state index in [0.717, 1.165) is 17.4 Å². The number of rotatable bonds is 8. The maximum Gasteiger partial charge on any atom is 0.342 e. The molecule has 1 aromatic heterocycles. The topological polar surface area (TPSA) is 126 Å². The van der Waals surface area contributed by atoms with Gasteiger partial charge in [0.2, 0.25) is 0 Å². The zero-order chi connectivity index (χ0) is 19.4. The highest BCUT2D eigenvalue weighted by molar-refractivity contribution is 8.02. The number of nitrogens with one attached hydrogen (secondary N) is 2. The molecule has 0 bridgehead atoms. The van der Waals surface area contributed by atoms with Gasteiger partial charge in [0.05, 0.1) is 11.3 Å². The fourth-order valence-corrected chi connectivity index (χ4v) is 4.15. The highest BCUT2D eigenvalue weighted by Gasteiger charge is 2.22. The van der Waals surface area contributed by atoms with E-state index in [2.05, 4.69) is 10.6 Å². The average molecular weight is 410 g/mol. The van der Waals surface area contributed by atoms with E-state index in [1.807, 2.05) is 5.41 Å². The summed E-state index contributed by atoms with van der Waals surface area (Å²) in [5.74, 6) is -0.321. The van der Waals surface area contributed by atoms with Crippen LogP contribution in [0.5, 0.6) is 0 Å². The summed E-state index contributed by atoms with van der Waals surface area (Å²) in [7, 11) is -3.97. The quantitative estimate of drug-likeness (QED) is 0.260. The summed E-state index contributed by atoms with van der Waals surface area (Å²) >= 11 is 1.41. The first kappa shape index (κ1) is 19.5. The molecule has 1 aliphatic heterocycles. The van der Waals surface area contributed by atoms with Crippen LogP contribution in [-0.4, -0.2) is 31.6 Å². The van der Waals surface area contributed by atoms with Crippen molar-refractivity contribution in [1.82, 2.24) is 5.32 Å². The molecule has 1 aromatic carbocycles. The highest BCUT2D eigenvalue weighted by atomic mass is 32.2.